The lowest BCUT2D eigenvalue weighted by atomic mass is 9.95. The quantitative estimate of drug-likeness (QED) is 0.934. The molecule has 2 heteroatoms. The van der Waals surface area contributed by atoms with Crippen LogP contribution < -0.4 is 5.73 Å². The SMILES string of the molecule is NC(Cc1ccc2ccccc2n1)C1C2C3CCC(C3)C12. The van der Waals surface area contributed by atoms with Crippen LogP contribution in [0.4, 0.5) is 0 Å². The molecule has 3 saturated carbocycles. The largest absolute Gasteiger partial charge is 0.327 e. The van der Waals surface area contributed by atoms with E-state index in [9.17, 15) is 0 Å². The van der Waals surface area contributed by atoms with Gasteiger partial charge in [-0.05, 0) is 61.0 Å². The molecule has 2 N–H and O–H groups in total. The number of aromatic nitrogens is 1. The number of pyridine rings is 1. The zero-order valence-corrected chi connectivity index (χ0v) is 12.3. The maximum Gasteiger partial charge on any atom is 0.0705 e. The van der Waals surface area contributed by atoms with Crippen molar-refractivity contribution in [3.63, 3.8) is 0 Å². The first-order valence-corrected chi connectivity index (χ1v) is 8.41. The number of hydrogen-bond donors (Lipinski definition) is 1. The van der Waals surface area contributed by atoms with E-state index in [0.717, 1.165) is 41.5 Å². The van der Waals surface area contributed by atoms with Crippen molar-refractivity contribution < 1.29 is 0 Å². The van der Waals surface area contributed by atoms with Crippen molar-refractivity contribution in [3.05, 3.63) is 42.1 Å². The van der Waals surface area contributed by atoms with Gasteiger partial charge in [0.15, 0.2) is 0 Å². The summed E-state index contributed by atoms with van der Waals surface area (Å²) in [5, 5.41) is 1.22. The molecule has 1 aromatic heterocycles. The Labute approximate surface area is 125 Å². The average molecular weight is 278 g/mol. The number of nitrogens with zero attached hydrogens (tertiary/aromatic N) is 1. The molecule has 0 saturated heterocycles. The van der Waals surface area contributed by atoms with Crippen molar-refractivity contribution in [2.75, 3.05) is 0 Å². The lowest BCUT2D eigenvalue weighted by molar-refractivity contribution is 0.408. The molecule has 1 heterocycles. The summed E-state index contributed by atoms with van der Waals surface area (Å²) in [7, 11) is 0. The van der Waals surface area contributed by atoms with Crippen LogP contribution in [0.15, 0.2) is 36.4 Å². The normalized spacial score (nSPS) is 37.7. The molecular weight excluding hydrogens is 256 g/mol. The van der Waals surface area contributed by atoms with Crippen LogP contribution in [-0.4, -0.2) is 11.0 Å². The lowest BCUT2D eigenvalue weighted by Gasteiger charge is -2.16. The van der Waals surface area contributed by atoms with E-state index >= 15 is 0 Å². The zero-order valence-electron chi connectivity index (χ0n) is 12.3. The van der Waals surface area contributed by atoms with Crippen molar-refractivity contribution in [3.8, 4) is 0 Å². The standard InChI is InChI=1S/C19H22N2/c20-15(19-17-12-5-6-13(9-12)18(17)19)10-14-8-7-11-3-1-2-4-16(11)21-14/h1-4,7-8,12-13,15,17-19H,5-6,9-10,20H2. The Morgan fingerprint density at radius 2 is 1.81 bits per heavy atom. The molecule has 5 rings (SSSR count). The van der Waals surface area contributed by atoms with Crippen LogP contribution in [0.5, 0.6) is 0 Å². The van der Waals surface area contributed by atoms with Gasteiger partial charge in [0.2, 0.25) is 0 Å². The van der Waals surface area contributed by atoms with E-state index in [-0.39, 0.29) is 0 Å². The van der Waals surface area contributed by atoms with Gasteiger partial charge in [0.1, 0.15) is 0 Å². The van der Waals surface area contributed by atoms with Crippen LogP contribution in [0.1, 0.15) is 25.0 Å². The average Bonchev–Trinajstić information content (AvgIpc) is 2.96. The molecule has 1 aromatic carbocycles. The predicted octanol–water partition coefficient (Wildman–Crippen LogP) is 3.40. The highest BCUT2D eigenvalue weighted by molar-refractivity contribution is 5.78. The molecule has 0 radical (unpaired) electrons. The fourth-order valence-electron chi connectivity index (χ4n) is 5.56. The maximum absolute atomic E-state index is 6.56. The van der Waals surface area contributed by atoms with Gasteiger partial charge >= 0.3 is 0 Å². The second-order valence-electron chi connectivity index (χ2n) is 7.43. The van der Waals surface area contributed by atoms with Crippen LogP contribution in [0.25, 0.3) is 10.9 Å². The van der Waals surface area contributed by atoms with Crippen molar-refractivity contribution in [2.24, 2.45) is 35.3 Å². The monoisotopic (exact) mass is 278 g/mol. The smallest absolute Gasteiger partial charge is 0.0705 e. The Morgan fingerprint density at radius 1 is 1.05 bits per heavy atom. The number of fused-ring (bicyclic) bond motifs is 6. The van der Waals surface area contributed by atoms with Gasteiger partial charge in [-0.2, -0.15) is 0 Å². The van der Waals surface area contributed by atoms with E-state index in [4.69, 9.17) is 10.7 Å². The molecule has 3 aliphatic rings. The van der Waals surface area contributed by atoms with Gasteiger partial charge in [-0.3, -0.25) is 4.98 Å². The third-order valence-electron chi connectivity index (χ3n) is 6.39. The second kappa shape index (κ2) is 4.30. The van der Waals surface area contributed by atoms with Crippen LogP contribution in [0.3, 0.4) is 0 Å². The summed E-state index contributed by atoms with van der Waals surface area (Å²) in [5.41, 5.74) is 8.82. The van der Waals surface area contributed by atoms with Crippen LogP contribution >= 0.6 is 0 Å². The highest BCUT2D eigenvalue weighted by atomic mass is 14.8. The Balaban J connectivity index is 1.35. The van der Waals surface area contributed by atoms with Crippen LogP contribution in [0, 0.1) is 29.6 Å². The molecule has 2 bridgehead atoms. The number of hydrogen-bond acceptors (Lipinski definition) is 2. The fourth-order valence-corrected chi connectivity index (χ4v) is 5.56. The Hall–Kier alpha value is -1.41. The van der Waals surface area contributed by atoms with Crippen molar-refractivity contribution >= 4 is 10.9 Å². The maximum atomic E-state index is 6.56. The van der Waals surface area contributed by atoms with Gasteiger partial charge in [0, 0.05) is 23.5 Å². The third-order valence-corrected chi connectivity index (χ3v) is 6.39. The number of nitrogens with two attached hydrogens (primary N) is 1. The molecule has 0 aliphatic heterocycles. The molecular formula is C19H22N2. The van der Waals surface area contributed by atoms with Crippen molar-refractivity contribution in [2.45, 2.75) is 31.7 Å². The first-order chi connectivity index (χ1) is 10.3. The summed E-state index contributed by atoms with van der Waals surface area (Å²) in [6, 6.07) is 13.0. The summed E-state index contributed by atoms with van der Waals surface area (Å²) in [6.45, 7) is 0. The summed E-state index contributed by atoms with van der Waals surface area (Å²) in [4.78, 5) is 4.79. The lowest BCUT2D eigenvalue weighted by Crippen LogP contribution is -2.29. The van der Waals surface area contributed by atoms with Gasteiger partial charge in [-0.1, -0.05) is 24.3 Å². The van der Waals surface area contributed by atoms with E-state index in [2.05, 4.69) is 36.4 Å². The third kappa shape index (κ3) is 1.78. The minimum Gasteiger partial charge on any atom is -0.327 e. The first-order valence-electron chi connectivity index (χ1n) is 8.41. The first kappa shape index (κ1) is 12.2. The summed E-state index contributed by atoms with van der Waals surface area (Å²) >= 11 is 0. The summed E-state index contributed by atoms with van der Waals surface area (Å²) in [5.74, 6) is 4.77. The molecule has 2 nitrogen and oxygen atoms in total. The van der Waals surface area contributed by atoms with Gasteiger partial charge in [-0.25, -0.2) is 0 Å². The second-order valence-corrected chi connectivity index (χ2v) is 7.43. The van der Waals surface area contributed by atoms with E-state index in [1.165, 1.54) is 30.3 Å². The van der Waals surface area contributed by atoms with E-state index in [0.29, 0.717) is 6.04 Å². The number of para-hydroxylation sites is 1. The van der Waals surface area contributed by atoms with Crippen LogP contribution in [0.2, 0.25) is 0 Å². The van der Waals surface area contributed by atoms with E-state index in [1.54, 1.807) is 0 Å². The molecule has 3 aliphatic carbocycles. The number of rotatable bonds is 3. The van der Waals surface area contributed by atoms with Gasteiger partial charge in [0.05, 0.1) is 5.52 Å². The number of benzene rings is 1. The van der Waals surface area contributed by atoms with Gasteiger partial charge in [0.25, 0.3) is 0 Å². The highest BCUT2D eigenvalue weighted by Gasteiger charge is 2.66. The molecule has 0 amide bonds. The molecule has 5 unspecified atom stereocenters. The predicted molar refractivity (Wildman–Crippen MR) is 84.7 cm³/mol. The van der Waals surface area contributed by atoms with Gasteiger partial charge < -0.3 is 5.73 Å². The summed E-state index contributed by atoms with van der Waals surface area (Å²) in [6.07, 6.45) is 5.40. The Bertz CT molecular complexity index is 679. The minimum atomic E-state index is 0.317. The fraction of sp³-hybridized carbons (Fsp3) is 0.526. The molecule has 5 atom stereocenters. The molecule has 0 spiro atoms. The topological polar surface area (TPSA) is 38.9 Å². The minimum absolute atomic E-state index is 0.317. The highest BCUT2D eigenvalue weighted by Crippen LogP contribution is 2.70. The Morgan fingerprint density at radius 3 is 2.62 bits per heavy atom. The van der Waals surface area contributed by atoms with Gasteiger partial charge in [-0.15, -0.1) is 0 Å². The van der Waals surface area contributed by atoms with Crippen LogP contribution in [-0.2, 0) is 6.42 Å². The van der Waals surface area contributed by atoms with E-state index in [1.807, 2.05) is 0 Å². The van der Waals surface area contributed by atoms with Crippen molar-refractivity contribution in [1.29, 1.82) is 0 Å². The zero-order chi connectivity index (χ0) is 14.0. The Kier molecular flexibility index (Phi) is 2.49. The molecule has 2 aromatic rings. The molecule has 108 valence electrons. The van der Waals surface area contributed by atoms with Crippen molar-refractivity contribution in [1.82, 2.24) is 4.98 Å². The molecule has 21 heavy (non-hydrogen) atoms. The van der Waals surface area contributed by atoms with E-state index < -0.39 is 0 Å². The summed E-state index contributed by atoms with van der Waals surface area (Å²) < 4.78 is 0. The molecule has 3 fully saturated rings.